The molecule has 5 heteroatoms. The summed E-state index contributed by atoms with van der Waals surface area (Å²) in [6.45, 7) is 12.5. The fraction of sp³-hybridized carbons (Fsp3) is 0.714. The van der Waals surface area contributed by atoms with E-state index in [1.165, 1.54) is 12.1 Å². The van der Waals surface area contributed by atoms with Gasteiger partial charge in [0.15, 0.2) is 0 Å². The smallest absolute Gasteiger partial charge is 0.302 e. The first kappa shape index (κ1) is 23.0. The molecule has 0 aliphatic carbocycles. The minimum atomic E-state index is -3.49. The zero-order valence-corrected chi connectivity index (χ0v) is 17.1. The second-order valence-electron chi connectivity index (χ2n) is 8.23. The standard InChI is InChI=1S/C21H34F3NO/c1-8-20(9-2,10-3)26-18(19(5,6)7)21(23,24)16-13-11-12-15(14(4)25)17(16)22/h11-14,18H,8-10,25H2,1-7H3/t14-,18?/m1/s1. The van der Waals surface area contributed by atoms with E-state index >= 15 is 8.78 Å². The maximum Gasteiger partial charge on any atom is 0.302 e. The largest absolute Gasteiger partial charge is 0.365 e. The third-order valence-electron chi connectivity index (χ3n) is 5.29. The van der Waals surface area contributed by atoms with Crippen molar-refractivity contribution in [1.82, 2.24) is 0 Å². The van der Waals surface area contributed by atoms with Crippen molar-refractivity contribution in [3.05, 3.63) is 35.1 Å². The number of hydrogen-bond acceptors (Lipinski definition) is 2. The molecule has 1 aromatic carbocycles. The molecule has 150 valence electrons. The molecule has 0 aromatic heterocycles. The second-order valence-corrected chi connectivity index (χ2v) is 8.23. The number of nitrogens with two attached hydrogens (primary N) is 1. The molecule has 1 unspecified atom stereocenters. The summed E-state index contributed by atoms with van der Waals surface area (Å²) in [4.78, 5) is 0. The van der Waals surface area contributed by atoms with Crippen LogP contribution in [0.25, 0.3) is 0 Å². The number of halogens is 3. The van der Waals surface area contributed by atoms with Gasteiger partial charge in [-0.15, -0.1) is 0 Å². The minimum absolute atomic E-state index is 0.0857. The van der Waals surface area contributed by atoms with Crippen molar-refractivity contribution >= 4 is 0 Å². The normalized spacial score (nSPS) is 15.8. The van der Waals surface area contributed by atoms with Gasteiger partial charge in [-0.3, -0.25) is 0 Å². The average Bonchev–Trinajstić information content (AvgIpc) is 2.55. The lowest BCUT2D eigenvalue weighted by Gasteiger charge is -2.44. The lowest BCUT2D eigenvalue weighted by molar-refractivity contribution is -0.237. The van der Waals surface area contributed by atoms with Crippen molar-refractivity contribution in [2.24, 2.45) is 11.1 Å². The van der Waals surface area contributed by atoms with Crippen LogP contribution in [0.3, 0.4) is 0 Å². The molecule has 0 bridgehead atoms. The van der Waals surface area contributed by atoms with E-state index in [-0.39, 0.29) is 5.56 Å². The molecule has 26 heavy (non-hydrogen) atoms. The van der Waals surface area contributed by atoms with Gasteiger partial charge in [-0.25, -0.2) is 4.39 Å². The Morgan fingerprint density at radius 1 is 1.04 bits per heavy atom. The molecule has 1 aromatic rings. The number of rotatable bonds is 8. The van der Waals surface area contributed by atoms with Gasteiger partial charge in [-0.2, -0.15) is 8.78 Å². The Balaban J connectivity index is 3.49. The van der Waals surface area contributed by atoms with Gasteiger partial charge in [-0.05, 0) is 37.7 Å². The third kappa shape index (κ3) is 4.61. The fourth-order valence-corrected chi connectivity index (χ4v) is 3.34. The number of benzene rings is 1. The van der Waals surface area contributed by atoms with Crippen LogP contribution in [0.1, 0.15) is 84.9 Å². The summed E-state index contributed by atoms with van der Waals surface area (Å²) in [6.07, 6.45) is 0.383. The molecule has 0 heterocycles. The zero-order valence-electron chi connectivity index (χ0n) is 17.1. The predicted octanol–water partition coefficient (Wildman–Crippen LogP) is 6.34. The topological polar surface area (TPSA) is 35.2 Å². The Morgan fingerprint density at radius 2 is 1.54 bits per heavy atom. The summed E-state index contributed by atoms with van der Waals surface area (Å²) in [5, 5.41) is 0. The quantitative estimate of drug-likeness (QED) is 0.577. The summed E-state index contributed by atoms with van der Waals surface area (Å²) in [5.41, 5.74) is 3.64. The Bertz CT molecular complexity index is 581. The first-order chi connectivity index (χ1) is 11.9. The maximum absolute atomic E-state index is 15.6. The highest BCUT2D eigenvalue weighted by Crippen LogP contribution is 2.46. The molecule has 2 N–H and O–H groups in total. The first-order valence-electron chi connectivity index (χ1n) is 9.46. The van der Waals surface area contributed by atoms with Gasteiger partial charge >= 0.3 is 5.92 Å². The Labute approximate surface area is 156 Å². The highest BCUT2D eigenvalue weighted by molar-refractivity contribution is 5.32. The van der Waals surface area contributed by atoms with Gasteiger partial charge in [0.05, 0.1) is 11.2 Å². The molecule has 0 saturated heterocycles. The second kappa shape index (κ2) is 8.30. The molecular weight excluding hydrogens is 339 g/mol. The Hall–Kier alpha value is -1.07. The van der Waals surface area contributed by atoms with E-state index < -0.39 is 40.5 Å². The van der Waals surface area contributed by atoms with Crippen molar-refractivity contribution in [2.75, 3.05) is 0 Å². The van der Waals surface area contributed by atoms with Crippen LogP contribution in [0, 0.1) is 11.2 Å². The van der Waals surface area contributed by atoms with Crippen LogP contribution in [0.15, 0.2) is 18.2 Å². The van der Waals surface area contributed by atoms with Crippen LogP contribution in [-0.2, 0) is 10.7 Å². The van der Waals surface area contributed by atoms with E-state index in [4.69, 9.17) is 10.5 Å². The summed E-state index contributed by atoms with van der Waals surface area (Å²) in [5.74, 6) is -4.43. The van der Waals surface area contributed by atoms with E-state index in [1.54, 1.807) is 27.7 Å². The van der Waals surface area contributed by atoms with Crippen molar-refractivity contribution in [2.45, 2.75) is 91.4 Å². The highest BCUT2D eigenvalue weighted by Gasteiger charge is 2.52. The molecule has 0 amide bonds. The molecule has 0 aliphatic rings. The molecule has 2 nitrogen and oxygen atoms in total. The van der Waals surface area contributed by atoms with Gasteiger partial charge in [-0.1, -0.05) is 53.7 Å². The highest BCUT2D eigenvalue weighted by atomic mass is 19.3. The van der Waals surface area contributed by atoms with Crippen LogP contribution < -0.4 is 5.73 Å². The SMILES string of the molecule is CCC(CC)(CC)OC(C(C)(C)C)C(F)(F)c1cccc([C@@H](C)N)c1F. The summed E-state index contributed by atoms with van der Waals surface area (Å²) < 4.78 is 52.0. The Kier molecular flexibility index (Phi) is 7.33. The van der Waals surface area contributed by atoms with Crippen LogP contribution in [0.5, 0.6) is 0 Å². The van der Waals surface area contributed by atoms with E-state index in [9.17, 15) is 4.39 Å². The molecule has 0 fully saturated rings. The summed E-state index contributed by atoms with van der Waals surface area (Å²) in [6, 6.07) is 3.34. The molecule has 2 atom stereocenters. The van der Waals surface area contributed by atoms with E-state index in [1.807, 2.05) is 20.8 Å². The van der Waals surface area contributed by atoms with E-state index in [0.29, 0.717) is 19.3 Å². The van der Waals surface area contributed by atoms with Crippen molar-refractivity contribution < 1.29 is 17.9 Å². The molecule has 0 saturated carbocycles. The summed E-state index contributed by atoms with van der Waals surface area (Å²) in [7, 11) is 0. The van der Waals surface area contributed by atoms with Crippen LogP contribution in [0.4, 0.5) is 13.2 Å². The lowest BCUT2D eigenvalue weighted by atomic mass is 9.80. The first-order valence-corrected chi connectivity index (χ1v) is 9.46. The number of hydrogen-bond donors (Lipinski definition) is 1. The van der Waals surface area contributed by atoms with Gasteiger partial charge in [0.25, 0.3) is 0 Å². The van der Waals surface area contributed by atoms with Crippen molar-refractivity contribution in [3.63, 3.8) is 0 Å². The van der Waals surface area contributed by atoms with Gasteiger partial charge < -0.3 is 10.5 Å². The minimum Gasteiger partial charge on any atom is -0.365 e. The molecule has 1 rings (SSSR count). The Morgan fingerprint density at radius 3 is 1.92 bits per heavy atom. The molecular formula is C21H34F3NO. The molecule has 0 spiro atoms. The van der Waals surface area contributed by atoms with Crippen molar-refractivity contribution in [1.29, 1.82) is 0 Å². The maximum atomic E-state index is 15.6. The van der Waals surface area contributed by atoms with Gasteiger partial charge in [0.2, 0.25) is 0 Å². The van der Waals surface area contributed by atoms with Gasteiger partial charge in [0.1, 0.15) is 11.9 Å². The number of alkyl halides is 2. The third-order valence-corrected chi connectivity index (χ3v) is 5.29. The predicted molar refractivity (Wildman–Crippen MR) is 101 cm³/mol. The average molecular weight is 374 g/mol. The van der Waals surface area contributed by atoms with E-state index in [2.05, 4.69) is 0 Å². The van der Waals surface area contributed by atoms with Crippen molar-refractivity contribution in [3.8, 4) is 0 Å². The monoisotopic (exact) mass is 373 g/mol. The molecule has 0 radical (unpaired) electrons. The number of ether oxygens (including phenoxy) is 1. The molecule has 0 aliphatic heterocycles. The van der Waals surface area contributed by atoms with E-state index in [0.717, 1.165) is 6.07 Å². The zero-order chi connectivity index (χ0) is 20.3. The fourth-order valence-electron chi connectivity index (χ4n) is 3.34. The summed E-state index contributed by atoms with van der Waals surface area (Å²) >= 11 is 0. The van der Waals surface area contributed by atoms with Crippen LogP contribution >= 0.6 is 0 Å². The lowest BCUT2D eigenvalue weighted by Crippen LogP contribution is -2.49. The van der Waals surface area contributed by atoms with Crippen LogP contribution in [0.2, 0.25) is 0 Å². The van der Waals surface area contributed by atoms with Crippen LogP contribution in [-0.4, -0.2) is 11.7 Å². The van der Waals surface area contributed by atoms with Gasteiger partial charge in [0, 0.05) is 11.6 Å².